The van der Waals surface area contributed by atoms with E-state index in [1.54, 1.807) is 12.1 Å². The van der Waals surface area contributed by atoms with Crippen molar-refractivity contribution in [3.8, 4) is 0 Å². The molecular formula is C10H15F2N3O3S. The average Bonchev–Trinajstić information content (AvgIpc) is 2.37. The molecule has 6 nitrogen and oxygen atoms in total. The quantitative estimate of drug-likeness (QED) is 0.369. The molecule has 0 radical (unpaired) electrons. The normalized spacial score (nSPS) is 11.8. The van der Waals surface area contributed by atoms with E-state index in [9.17, 15) is 17.2 Å². The van der Waals surface area contributed by atoms with Gasteiger partial charge in [0.05, 0.1) is 12.3 Å². The molecule has 0 aliphatic carbocycles. The first-order chi connectivity index (χ1) is 8.97. The van der Waals surface area contributed by atoms with E-state index in [0.717, 1.165) is 0 Å². The zero-order valence-electron chi connectivity index (χ0n) is 9.97. The summed E-state index contributed by atoms with van der Waals surface area (Å²) >= 11 is 0. The van der Waals surface area contributed by atoms with Gasteiger partial charge >= 0.3 is 0 Å². The highest BCUT2D eigenvalue weighted by molar-refractivity contribution is 7.89. The van der Waals surface area contributed by atoms with E-state index in [1.807, 2.05) is 0 Å². The summed E-state index contributed by atoms with van der Waals surface area (Å²) in [5.41, 5.74) is 2.51. The Morgan fingerprint density at radius 1 is 1.32 bits per heavy atom. The van der Waals surface area contributed by atoms with Crippen LogP contribution in [0.1, 0.15) is 0 Å². The van der Waals surface area contributed by atoms with Crippen molar-refractivity contribution in [3.05, 3.63) is 24.3 Å². The van der Waals surface area contributed by atoms with Crippen LogP contribution in [0.5, 0.6) is 0 Å². The Balaban J connectivity index is 2.56. The molecular weight excluding hydrogens is 280 g/mol. The van der Waals surface area contributed by atoms with Gasteiger partial charge < -0.3 is 10.2 Å². The summed E-state index contributed by atoms with van der Waals surface area (Å²) in [6, 6.07) is 6.04. The molecule has 108 valence electrons. The summed E-state index contributed by atoms with van der Waals surface area (Å²) < 4.78 is 54.1. The van der Waals surface area contributed by atoms with Gasteiger partial charge in [0.1, 0.15) is 11.5 Å². The monoisotopic (exact) mass is 295 g/mol. The van der Waals surface area contributed by atoms with Crippen LogP contribution in [0.15, 0.2) is 29.2 Å². The van der Waals surface area contributed by atoms with Crippen LogP contribution in [0.4, 0.5) is 14.5 Å². The number of anilines is 1. The number of alkyl halides is 2. The fourth-order valence-corrected chi connectivity index (χ4v) is 2.50. The molecule has 0 spiro atoms. The Morgan fingerprint density at radius 3 is 2.63 bits per heavy atom. The summed E-state index contributed by atoms with van der Waals surface area (Å²) in [7, 11) is -3.76. The molecule has 0 aliphatic heterocycles. The van der Waals surface area contributed by atoms with Crippen LogP contribution in [0, 0.1) is 0 Å². The summed E-state index contributed by atoms with van der Waals surface area (Å²) in [6.07, 6.45) is -2.57. The standard InChI is InChI=1S/C10H15F2N3O3S/c11-10(12)7-18-6-5-14-19(16,17)9-4-2-1-3-8(9)15-13/h1-4,10,14-15H,5-7,13H2. The molecule has 1 aromatic carbocycles. The van der Waals surface area contributed by atoms with Crippen LogP contribution in [0.3, 0.4) is 0 Å². The maximum Gasteiger partial charge on any atom is 0.261 e. The molecule has 0 fully saturated rings. The van der Waals surface area contributed by atoms with Gasteiger partial charge in [-0.05, 0) is 12.1 Å². The number of hydrogen-bond donors (Lipinski definition) is 3. The Bertz CT molecular complexity index is 497. The van der Waals surface area contributed by atoms with Crippen molar-refractivity contribution in [2.24, 2.45) is 5.84 Å². The highest BCUT2D eigenvalue weighted by Gasteiger charge is 2.17. The Kier molecular flexibility index (Phi) is 6.09. The molecule has 0 unspecified atom stereocenters. The number of ether oxygens (including phenoxy) is 1. The number of hydrogen-bond acceptors (Lipinski definition) is 5. The minimum absolute atomic E-state index is 0.0219. The van der Waals surface area contributed by atoms with E-state index >= 15 is 0 Å². The van der Waals surface area contributed by atoms with Crippen molar-refractivity contribution in [2.45, 2.75) is 11.3 Å². The maximum absolute atomic E-state index is 11.9. The number of para-hydroxylation sites is 1. The van der Waals surface area contributed by atoms with E-state index in [1.165, 1.54) is 12.1 Å². The molecule has 4 N–H and O–H groups in total. The largest absolute Gasteiger partial charge is 0.374 e. The summed E-state index contributed by atoms with van der Waals surface area (Å²) in [6.45, 7) is -0.960. The zero-order valence-corrected chi connectivity index (χ0v) is 10.8. The van der Waals surface area contributed by atoms with E-state index in [4.69, 9.17) is 5.84 Å². The Hall–Kier alpha value is -1.29. The molecule has 0 saturated heterocycles. The second kappa shape index (κ2) is 7.34. The summed E-state index contributed by atoms with van der Waals surface area (Å²) in [5, 5.41) is 0. The second-order valence-corrected chi connectivity index (χ2v) is 5.24. The summed E-state index contributed by atoms with van der Waals surface area (Å²) in [4.78, 5) is -0.0219. The molecule has 9 heteroatoms. The molecule has 1 rings (SSSR count). The van der Waals surface area contributed by atoms with Gasteiger partial charge in [0.25, 0.3) is 6.43 Å². The van der Waals surface area contributed by atoms with Crippen molar-refractivity contribution in [3.63, 3.8) is 0 Å². The molecule has 1 aromatic rings. The van der Waals surface area contributed by atoms with E-state index in [0.29, 0.717) is 0 Å². The molecule has 0 heterocycles. The predicted molar refractivity (Wildman–Crippen MR) is 66.3 cm³/mol. The number of hydrazine groups is 1. The SMILES string of the molecule is NNc1ccccc1S(=O)(=O)NCCOCC(F)F. The van der Waals surface area contributed by atoms with Crippen LogP contribution in [0.2, 0.25) is 0 Å². The lowest BCUT2D eigenvalue weighted by Gasteiger charge is -2.10. The van der Waals surface area contributed by atoms with Gasteiger partial charge in [-0.15, -0.1) is 0 Å². The van der Waals surface area contributed by atoms with E-state index in [-0.39, 0.29) is 23.7 Å². The highest BCUT2D eigenvalue weighted by Crippen LogP contribution is 2.18. The molecule has 0 amide bonds. The number of sulfonamides is 1. The Labute approximate surface area is 110 Å². The first-order valence-corrected chi connectivity index (χ1v) is 6.87. The number of rotatable bonds is 8. The van der Waals surface area contributed by atoms with E-state index in [2.05, 4.69) is 14.9 Å². The number of nitrogens with one attached hydrogen (secondary N) is 2. The number of nitrogens with two attached hydrogens (primary N) is 1. The topological polar surface area (TPSA) is 93.5 Å². The van der Waals surface area contributed by atoms with Crippen molar-refractivity contribution < 1.29 is 21.9 Å². The molecule has 19 heavy (non-hydrogen) atoms. The first kappa shape index (κ1) is 15.8. The van der Waals surface area contributed by atoms with Crippen molar-refractivity contribution >= 4 is 15.7 Å². The lowest BCUT2D eigenvalue weighted by molar-refractivity contribution is 0.0199. The average molecular weight is 295 g/mol. The predicted octanol–water partition coefficient (Wildman–Crippen LogP) is 0.532. The number of benzene rings is 1. The third kappa shape index (κ3) is 5.07. The van der Waals surface area contributed by atoms with Crippen LogP contribution >= 0.6 is 0 Å². The minimum atomic E-state index is -3.76. The van der Waals surface area contributed by atoms with Crippen molar-refractivity contribution in [1.82, 2.24) is 4.72 Å². The van der Waals surface area contributed by atoms with Gasteiger partial charge in [-0.2, -0.15) is 0 Å². The van der Waals surface area contributed by atoms with Gasteiger partial charge in [-0.25, -0.2) is 21.9 Å². The molecule has 0 bridgehead atoms. The van der Waals surface area contributed by atoms with Gasteiger partial charge in [0, 0.05) is 6.54 Å². The fraction of sp³-hybridized carbons (Fsp3) is 0.400. The first-order valence-electron chi connectivity index (χ1n) is 5.38. The summed E-state index contributed by atoms with van der Waals surface area (Å²) in [5.74, 6) is 5.21. The molecule has 0 aliphatic rings. The van der Waals surface area contributed by atoms with Gasteiger partial charge in [-0.1, -0.05) is 12.1 Å². The van der Waals surface area contributed by atoms with Gasteiger partial charge in [0.2, 0.25) is 10.0 Å². The van der Waals surface area contributed by atoms with E-state index < -0.39 is 23.1 Å². The fourth-order valence-electron chi connectivity index (χ4n) is 1.32. The highest BCUT2D eigenvalue weighted by atomic mass is 32.2. The smallest absolute Gasteiger partial charge is 0.261 e. The van der Waals surface area contributed by atoms with Crippen LogP contribution in [-0.4, -0.2) is 34.6 Å². The Morgan fingerprint density at radius 2 is 2.00 bits per heavy atom. The maximum atomic E-state index is 11.9. The molecule has 0 atom stereocenters. The van der Waals surface area contributed by atoms with Gasteiger partial charge in [0.15, 0.2) is 0 Å². The van der Waals surface area contributed by atoms with Crippen molar-refractivity contribution in [2.75, 3.05) is 25.2 Å². The van der Waals surface area contributed by atoms with Crippen LogP contribution in [-0.2, 0) is 14.8 Å². The van der Waals surface area contributed by atoms with Gasteiger partial charge in [-0.3, -0.25) is 5.84 Å². The van der Waals surface area contributed by atoms with Crippen LogP contribution in [0.25, 0.3) is 0 Å². The minimum Gasteiger partial charge on any atom is -0.374 e. The third-order valence-corrected chi connectivity index (χ3v) is 3.63. The third-order valence-electron chi connectivity index (χ3n) is 2.11. The molecule has 0 saturated carbocycles. The van der Waals surface area contributed by atoms with Crippen molar-refractivity contribution in [1.29, 1.82) is 0 Å². The second-order valence-electron chi connectivity index (χ2n) is 3.50. The number of halogens is 2. The van der Waals surface area contributed by atoms with Crippen LogP contribution < -0.4 is 16.0 Å². The zero-order chi connectivity index (χ0) is 14.3. The lowest BCUT2D eigenvalue weighted by atomic mass is 10.3. The lowest BCUT2D eigenvalue weighted by Crippen LogP contribution is -2.29. The number of nitrogen functional groups attached to an aromatic ring is 1. The molecule has 0 aromatic heterocycles.